The van der Waals surface area contributed by atoms with Gasteiger partial charge in [-0.1, -0.05) is 66.7 Å². The summed E-state index contributed by atoms with van der Waals surface area (Å²) in [6.07, 6.45) is -12.1. The molecule has 0 aliphatic heterocycles. The first kappa shape index (κ1) is 36.6. The van der Waals surface area contributed by atoms with Crippen LogP contribution in [0.3, 0.4) is 0 Å². The van der Waals surface area contributed by atoms with Crippen molar-refractivity contribution in [1.29, 1.82) is 0 Å². The molecule has 2 N–H and O–H groups in total. The maximum absolute atomic E-state index is 13.7. The van der Waals surface area contributed by atoms with E-state index in [9.17, 15) is 49.5 Å². The zero-order valence-electron chi connectivity index (χ0n) is 27.0. The van der Waals surface area contributed by atoms with Crippen LogP contribution in [-0.2, 0) is 24.9 Å². The quantitative estimate of drug-likeness (QED) is 0.151. The molecule has 4 aromatic carbocycles. The van der Waals surface area contributed by atoms with E-state index >= 15 is 0 Å². The summed E-state index contributed by atoms with van der Waals surface area (Å²) >= 11 is 0. The third-order valence-corrected chi connectivity index (χ3v) is 10.5. The number of nitrogens with zero attached hydrogens (tertiary/aromatic N) is 1. The van der Waals surface area contributed by atoms with Gasteiger partial charge >= 0.3 is 18.4 Å². The molecule has 52 heavy (non-hydrogen) atoms. The van der Waals surface area contributed by atoms with E-state index in [0.717, 1.165) is 39.0 Å². The largest absolute Gasteiger partial charge is 0.448 e. The van der Waals surface area contributed by atoms with Crippen molar-refractivity contribution in [2.24, 2.45) is 0 Å². The number of carbonyl (C=O) groups excluding carboxylic acids is 2. The molecule has 1 aliphatic carbocycles. The first-order valence-electron chi connectivity index (χ1n) is 15.5. The molecule has 1 heterocycles. The van der Waals surface area contributed by atoms with Crippen molar-refractivity contribution >= 4 is 38.3 Å². The maximum Gasteiger partial charge on any atom is 0.430 e. The number of hydrogen-bond donors (Lipinski definition) is 2. The summed E-state index contributed by atoms with van der Waals surface area (Å²) in [4.78, 5) is 27.3. The van der Waals surface area contributed by atoms with Gasteiger partial charge in [-0.2, -0.15) is 26.3 Å². The van der Waals surface area contributed by atoms with E-state index in [1.165, 1.54) is 31.5 Å². The summed E-state index contributed by atoms with van der Waals surface area (Å²) in [5, 5.41) is 12.3. The van der Waals surface area contributed by atoms with Crippen LogP contribution in [0.1, 0.15) is 33.1 Å². The average Bonchev–Trinajstić information content (AvgIpc) is 3.64. The predicted molar refractivity (Wildman–Crippen MR) is 177 cm³/mol. The van der Waals surface area contributed by atoms with Gasteiger partial charge in [0.05, 0.1) is 17.3 Å². The second-order valence-electron chi connectivity index (χ2n) is 11.9. The minimum atomic E-state index is -6.12. The van der Waals surface area contributed by atoms with Crippen LogP contribution in [0.5, 0.6) is 0 Å². The highest BCUT2D eigenvalue weighted by atomic mass is 32.2. The zero-order chi connectivity index (χ0) is 37.6. The number of amides is 1. The molecule has 0 fully saturated rings. The van der Waals surface area contributed by atoms with E-state index in [1.54, 1.807) is 0 Å². The monoisotopic (exact) mass is 746 g/mol. The van der Waals surface area contributed by atoms with Crippen molar-refractivity contribution in [3.05, 3.63) is 120 Å². The topological polar surface area (TPSA) is 124 Å². The van der Waals surface area contributed by atoms with Gasteiger partial charge in [-0.25, -0.2) is 17.8 Å². The number of methoxy groups -OCH3 is 1. The van der Waals surface area contributed by atoms with Crippen LogP contribution in [0.25, 0.3) is 21.9 Å². The second kappa shape index (κ2) is 13.4. The molecule has 1 amide bonds. The Morgan fingerprint density at radius 1 is 0.846 bits per heavy atom. The van der Waals surface area contributed by atoms with Crippen molar-refractivity contribution in [2.75, 3.05) is 31.4 Å². The summed E-state index contributed by atoms with van der Waals surface area (Å²) in [5.74, 6) is -1.75. The van der Waals surface area contributed by atoms with Gasteiger partial charge in [-0.3, -0.25) is 4.79 Å². The van der Waals surface area contributed by atoms with Crippen LogP contribution in [0.4, 0.5) is 36.8 Å². The number of carbonyl (C=O) groups is 2. The smallest absolute Gasteiger partial charge is 0.430 e. The normalized spacial score (nSPS) is 13.5. The van der Waals surface area contributed by atoms with Gasteiger partial charge < -0.3 is 19.9 Å². The van der Waals surface area contributed by atoms with Gasteiger partial charge in [0, 0.05) is 41.2 Å². The second-order valence-corrected chi connectivity index (χ2v) is 14.1. The lowest BCUT2D eigenvalue weighted by atomic mass is 9.92. The van der Waals surface area contributed by atoms with Crippen molar-refractivity contribution in [3.63, 3.8) is 0 Å². The Labute approximate surface area is 292 Å². The van der Waals surface area contributed by atoms with E-state index in [2.05, 4.69) is 5.32 Å². The fourth-order valence-electron chi connectivity index (χ4n) is 6.21. The Balaban J connectivity index is 1.34. The lowest BCUT2D eigenvalue weighted by molar-refractivity contribution is -0.376. The molecule has 0 radical (unpaired) electrons. The van der Waals surface area contributed by atoms with Crippen LogP contribution >= 0.6 is 0 Å². The van der Waals surface area contributed by atoms with Crippen LogP contribution in [0, 0.1) is 0 Å². The van der Waals surface area contributed by atoms with Crippen LogP contribution in [-0.4, -0.2) is 68.5 Å². The number of sulfone groups is 1. The highest BCUT2D eigenvalue weighted by molar-refractivity contribution is 7.91. The number of benzene rings is 4. The molecule has 272 valence electrons. The number of aliphatic hydroxyl groups is 1. The van der Waals surface area contributed by atoms with Gasteiger partial charge in [0.2, 0.25) is 0 Å². The molecule has 9 nitrogen and oxygen atoms in total. The Morgan fingerprint density at radius 2 is 1.42 bits per heavy atom. The Morgan fingerprint density at radius 3 is 1.98 bits per heavy atom. The number of anilines is 1. The van der Waals surface area contributed by atoms with Crippen molar-refractivity contribution in [1.82, 2.24) is 4.57 Å². The van der Waals surface area contributed by atoms with E-state index in [4.69, 9.17) is 9.47 Å². The molecule has 16 heteroatoms. The third kappa shape index (κ3) is 6.41. The summed E-state index contributed by atoms with van der Waals surface area (Å²) in [5.41, 5.74) is -3.63. The lowest BCUT2D eigenvalue weighted by Crippen LogP contribution is -2.53. The minimum absolute atomic E-state index is 0.0804. The fourth-order valence-corrected chi connectivity index (χ4v) is 7.42. The SMILES string of the molecule is COCCS(=O)(=O)c1ccc2c(C(=O)Nc3ccc(C(O)(C(F)(F)F)C(F)(F)F)cc3)n(C(=O)OCC3c4ccccc4-c4ccccc43)cc2c1. The summed E-state index contributed by atoms with van der Waals surface area (Å²) in [6.45, 7) is -0.251. The van der Waals surface area contributed by atoms with Crippen molar-refractivity contribution in [2.45, 2.75) is 28.8 Å². The molecule has 1 aliphatic rings. The molecule has 0 spiro atoms. The molecule has 0 bridgehead atoms. The minimum Gasteiger partial charge on any atom is -0.448 e. The number of alkyl halides is 6. The van der Waals surface area contributed by atoms with Gasteiger partial charge in [-0.15, -0.1) is 0 Å². The first-order valence-corrected chi connectivity index (χ1v) is 17.1. The van der Waals surface area contributed by atoms with E-state index in [-0.39, 0.29) is 51.9 Å². The number of fused-ring (bicyclic) bond motifs is 4. The Hall–Kier alpha value is -5.19. The molecule has 0 unspecified atom stereocenters. The summed E-state index contributed by atoms with van der Waals surface area (Å²) < 4.78 is 118. The first-order chi connectivity index (χ1) is 24.5. The lowest BCUT2D eigenvalue weighted by Gasteiger charge is -2.32. The average molecular weight is 747 g/mol. The highest BCUT2D eigenvalue weighted by Gasteiger charge is 2.71. The van der Waals surface area contributed by atoms with Crippen LogP contribution < -0.4 is 5.32 Å². The number of ether oxygens (including phenoxy) is 2. The number of nitrogens with one attached hydrogen (secondary N) is 1. The van der Waals surface area contributed by atoms with Crippen molar-refractivity contribution < 1.29 is 58.9 Å². The molecule has 0 saturated heterocycles. The molecular formula is C36H28F6N2O7S. The van der Waals surface area contributed by atoms with Crippen LogP contribution in [0.2, 0.25) is 0 Å². The summed E-state index contributed by atoms with van der Waals surface area (Å²) in [7, 11) is -2.52. The Bertz CT molecular complexity index is 2220. The van der Waals surface area contributed by atoms with Crippen molar-refractivity contribution in [3.8, 4) is 11.1 Å². The molecular weight excluding hydrogens is 718 g/mol. The number of aromatic nitrogens is 1. The van der Waals surface area contributed by atoms with Gasteiger partial charge in [0.25, 0.3) is 11.5 Å². The molecule has 1 aromatic heterocycles. The van der Waals surface area contributed by atoms with Gasteiger partial charge in [0.1, 0.15) is 12.3 Å². The van der Waals surface area contributed by atoms with E-state index in [1.807, 2.05) is 48.5 Å². The predicted octanol–water partition coefficient (Wildman–Crippen LogP) is 7.42. The zero-order valence-corrected chi connectivity index (χ0v) is 27.8. The number of hydrogen-bond acceptors (Lipinski definition) is 7. The maximum atomic E-state index is 13.7. The molecule has 5 aromatic rings. The third-order valence-electron chi connectivity index (χ3n) is 8.83. The highest BCUT2D eigenvalue weighted by Crippen LogP contribution is 2.50. The number of rotatable bonds is 9. The Kier molecular flexibility index (Phi) is 9.44. The van der Waals surface area contributed by atoms with Gasteiger partial charge in [-0.05, 0) is 46.5 Å². The number of halogens is 6. The molecule has 0 atom stereocenters. The standard InChI is InChI=1S/C36H28F6N2O7S/c1-50-16-17-52(48,49)24-14-15-25-21(18-24)19-44(33(46)51-20-30-28-8-4-2-6-26(28)27-7-3-5-9-29(27)30)31(25)32(45)43-23-12-10-22(11-13-23)34(47,35(37,38)39)36(40,41)42/h2-15,18-19,30,47H,16-17,20H2,1H3,(H,43,45). The van der Waals surface area contributed by atoms with Gasteiger partial charge in [0.15, 0.2) is 9.84 Å². The van der Waals surface area contributed by atoms with E-state index in [0.29, 0.717) is 12.1 Å². The molecule has 0 saturated carbocycles. The summed E-state index contributed by atoms with van der Waals surface area (Å²) in [6, 6.07) is 21.0. The fraction of sp³-hybridized carbons (Fsp3) is 0.222. The van der Waals surface area contributed by atoms with Crippen LogP contribution in [0.15, 0.2) is 102 Å². The molecule has 6 rings (SSSR count). The van der Waals surface area contributed by atoms with E-state index < -0.39 is 45.4 Å².